The van der Waals surface area contributed by atoms with Crippen LogP contribution in [0.5, 0.6) is 0 Å². The smallest absolute Gasteiger partial charge is 0.290 e. The molecule has 8 heteroatoms. The maximum atomic E-state index is 11.6. The summed E-state index contributed by atoms with van der Waals surface area (Å²) < 4.78 is 22.8. The molecule has 0 unspecified atom stereocenters. The molecule has 3 rings (SSSR count). The van der Waals surface area contributed by atoms with Crippen LogP contribution in [0.1, 0.15) is 5.56 Å². The lowest BCUT2D eigenvalue weighted by molar-refractivity contribution is -0.123. The van der Waals surface area contributed by atoms with Gasteiger partial charge < -0.3 is 10.4 Å². The summed E-state index contributed by atoms with van der Waals surface area (Å²) in [6.07, 6.45) is 1.21. The highest BCUT2D eigenvalue weighted by molar-refractivity contribution is 7.90. The molecule has 2 aliphatic rings. The van der Waals surface area contributed by atoms with Crippen LogP contribution >= 0.6 is 0 Å². The lowest BCUT2D eigenvalue weighted by Gasteiger charge is -2.16. The van der Waals surface area contributed by atoms with Crippen LogP contribution in [0.2, 0.25) is 0 Å². The van der Waals surface area contributed by atoms with Crippen molar-refractivity contribution in [2.75, 3.05) is 25.9 Å². The molecule has 0 aliphatic carbocycles. The van der Waals surface area contributed by atoms with Gasteiger partial charge in [-0.3, -0.25) is 14.5 Å². The highest BCUT2D eigenvalue weighted by Crippen LogP contribution is 2.28. The first-order chi connectivity index (χ1) is 10.8. The maximum Gasteiger partial charge on any atom is 0.290 e. The summed E-state index contributed by atoms with van der Waals surface area (Å²) in [4.78, 5) is 22.6. The summed E-state index contributed by atoms with van der Waals surface area (Å²) in [5, 5.41) is 9.79. The molecule has 2 saturated heterocycles. The molecular formula is C15H20N2O5S. The summed E-state index contributed by atoms with van der Waals surface area (Å²) >= 11 is 0. The molecule has 2 fully saturated rings. The number of hydrogen-bond acceptors (Lipinski definition) is 5. The van der Waals surface area contributed by atoms with E-state index in [9.17, 15) is 13.2 Å². The molecule has 2 heterocycles. The van der Waals surface area contributed by atoms with Crippen molar-refractivity contribution in [2.45, 2.75) is 11.4 Å². The van der Waals surface area contributed by atoms with Gasteiger partial charge in [-0.05, 0) is 17.7 Å². The zero-order chi connectivity index (χ0) is 17.0. The minimum atomic E-state index is -3.13. The van der Waals surface area contributed by atoms with Crippen LogP contribution in [0.4, 0.5) is 0 Å². The van der Waals surface area contributed by atoms with Gasteiger partial charge in [0.15, 0.2) is 9.84 Å². The van der Waals surface area contributed by atoms with E-state index in [4.69, 9.17) is 9.90 Å². The van der Waals surface area contributed by atoms with Gasteiger partial charge in [-0.15, -0.1) is 0 Å². The van der Waals surface area contributed by atoms with Gasteiger partial charge >= 0.3 is 0 Å². The van der Waals surface area contributed by atoms with Crippen LogP contribution in [-0.2, 0) is 26.0 Å². The Bertz CT molecular complexity index is 672. The highest BCUT2D eigenvalue weighted by atomic mass is 32.2. The zero-order valence-electron chi connectivity index (χ0n) is 12.8. The molecule has 126 valence electrons. The van der Waals surface area contributed by atoms with Gasteiger partial charge in [-0.2, -0.15) is 0 Å². The quantitative estimate of drug-likeness (QED) is 0.749. The van der Waals surface area contributed by atoms with Crippen LogP contribution < -0.4 is 5.32 Å². The molecule has 0 spiro atoms. The largest absolute Gasteiger partial charge is 0.483 e. The maximum absolute atomic E-state index is 11.6. The van der Waals surface area contributed by atoms with Crippen molar-refractivity contribution < 1.29 is 23.1 Å². The average Bonchev–Trinajstić information content (AvgIpc) is 3.02. The van der Waals surface area contributed by atoms with Crippen molar-refractivity contribution in [2.24, 2.45) is 11.8 Å². The number of benzene rings is 1. The van der Waals surface area contributed by atoms with Gasteiger partial charge in [-0.25, -0.2) is 8.42 Å². The van der Waals surface area contributed by atoms with Crippen molar-refractivity contribution in [3.8, 4) is 0 Å². The molecule has 0 radical (unpaired) electrons. The summed E-state index contributed by atoms with van der Waals surface area (Å²) in [6.45, 7) is 3.03. The highest BCUT2D eigenvalue weighted by Gasteiger charge is 2.41. The third-order valence-electron chi connectivity index (χ3n) is 4.15. The fourth-order valence-corrected chi connectivity index (χ4v) is 3.69. The number of amides is 1. The second-order valence-electron chi connectivity index (χ2n) is 5.83. The lowest BCUT2D eigenvalue weighted by Crippen LogP contribution is -2.28. The zero-order valence-corrected chi connectivity index (χ0v) is 13.6. The number of nitrogens with zero attached hydrogens (tertiary/aromatic N) is 1. The molecule has 2 atom stereocenters. The fourth-order valence-electron chi connectivity index (χ4n) is 3.06. The first kappa shape index (κ1) is 17.4. The molecule has 2 aliphatic heterocycles. The second-order valence-corrected chi connectivity index (χ2v) is 7.84. The van der Waals surface area contributed by atoms with Gasteiger partial charge in [0.2, 0.25) is 5.91 Å². The minimum absolute atomic E-state index is 0.130. The molecule has 1 amide bonds. The number of carboxylic acid groups (broad SMARTS) is 1. The number of rotatable bonds is 3. The number of carbonyl (C=O) groups is 2. The van der Waals surface area contributed by atoms with E-state index in [0.717, 1.165) is 31.7 Å². The molecule has 0 aromatic heterocycles. The number of fused-ring (bicyclic) bond motifs is 1. The topological polar surface area (TPSA) is 104 Å². The van der Waals surface area contributed by atoms with E-state index < -0.39 is 9.84 Å². The molecule has 0 saturated carbocycles. The molecular weight excluding hydrogens is 320 g/mol. The Morgan fingerprint density at radius 3 is 2.43 bits per heavy atom. The van der Waals surface area contributed by atoms with Crippen LogP contribution in [-0.4, -0.2) is 56.7 Å². The average molecular weight is 340 g/mol. The number of hydrogen-bond donors (Lipinski definition) is 2. The second kappa shape index (κ2) is 7.10. The van der Waals surface area contributed by atoms with Gasteiger partial charge in [0.1, 0.15) is 0 Å². The normalized spacial score (nSPS) is 23.6. The van der Waals surface area contributed by atoms with E-state index in [2.05, 4.69) is 10.2 Å². The van der Waals surface area contributed by atoms with Crippen molar-refractivity contribution in [3.05, 3.63) is 29.8 Å². The van der Waals surface area contributed by atoms with E-state index in [1.807, 2.05) is 12.1 Å². The monoisotopic (exact) mass is 340 g/mol. The Morgan fingerprint density at radius 2 is 1.91 bits per heavy atom. The Morgan fingerprint density at radius 1 is 1.30 bits per heavy atom. The predicted octanol–water partition coefficient (Wildman–Crippen LogP) is -0.0313. The standard InChI is InChI=1S/C14H18N2O3S.CH2O2/c1-20(18,19)12-4-2-10(3-5-12)7-16-8-11-6-15-14(17)13(11)9-16;2-1-3/h2-5,11,13H,6-9H2,1H3,(H,15,17);1H,(H,2,3)/t11-,13+;/m0./s1. The molecule has 7 nitrogen and oxygen atoms in total. The third-order valence-corrected chi connectivity index (χ3v) is 5.28. The van der Waals surface area contributed by atoms with E-state index in [1.165, 1.54) is 6.26 Å². The van der Waals surface area contributed by atoms with E-state index in [1.54, 1.807) is 12.1 Å². The van der Waals surface area contributed by atoms with Gasteiger partial charge in [0.25, 0.3) is 6.47 Å². The van der Waals surface area contributed by atoms with Crippen molar-refractivity contribution in [1.29, 1.82) is 0 Å². The number of likely N-dealkylation sites (tertiary alicyclic amines) is 1. The van der Waals surface area contributed by atoms with Crippen LogP contribution in [0.15, 0.2) is 29.2 Å². The molecule has 23 heavy (non-hydrogen) atoms. The van der Waals surface area contributed by atoms with Crippen LogP contribution in [0, 0.1) is 11.8 Å². The number of carbonyl (C=O) groups excluding carboxylic acids is 1. The SMILES string of the molecule is CS(=O)(=O)c1ccc(CN2C[C@@H]3CNC(=O)[C@@H]3C2)cc1.O=CO. The summed E-state index contributed by atoms with van der Waals surface area (Å²) in [6, 6.07) is 7.00. The van der Waals surface area contributed by atoms with Gasteiger partial charge in [-0.1, -0.05) is 12.1 Å². The molecule has 0 bridgehead atoms. The van der Waals surface area contributed by atoms with Gasteiger partial charge in [0, 0.05) is 38.4 Å². The van der Waals surface area contributed by atoms with E-state index in [-0.39, 0.29) is 18.3 Å². The summed E-state index contributed by atoms with van der Waals surface area (Å²) in [5.74, 6) is 0.730. The minimum Gasteiger partial charge on any atom is -0.483 e. The van der Waals surface area contributed by atoms with Crippen molar-refractivity contribution >= 4 is 22.2 Å². The lowest BCUT2D eigenvalue weighted by atomic mass is 10.0. The third kappa shape index (κ3) is 4.29. The molecule has 2 N–H and O–H groups in total. The summed E-state index contributed by atoms with van der Waals surface area (Å²) in [7, 11) is -3.13. The Kier molecular flexibility index (Phi) is 5.38. The van der Waals surface area contributed by atoms with Crippen LogP contribution in [0.25, 0.3) is 0 Å². The summed E-state index contributed by atoms with van der Waals surface area (Å²) in [5.41, 5.74) is 1.08. The number of nitrogens with one attached hydrogen (secondary N) is 1. The van der Waals surface area contributed by atoms with Gasteiger partial charge in [0.05, 0.1) is 10.8 Å². The van der Waals surface area contributed by atoms with Crippen molar-refractivity contribution in [3.63, 3.8) is 0 Å². The molecule has 1 aromatic carbocycles. The Balaban J connectivity index is 0.000000595. The predicted molar refractivity (Wildman–Crippen MR) is 83.5 cm³/mol. The first-order valence-electron chi connectivity index (χ1n) is 7.22. The Labute approximate surface area is 135 Å². The number of sulfone groups is 1. The first-order valence-corrected chi connectivity index (χ1v) is 9.11. The molecule has 1 aromatic rings. The van der Waals surface area contributed by atoms with E-state index in [0.29, 0.717) is 10.8 Å². The fraction of sp³-hybridized carbons (Fsp3) is 0.467. The van der Waals surface area contributed by atoms with E-state index >= 15 is 0 Å². The Hall–Kier alpha value is -1.93. The van der Waals surface area contributed by atoms with Crippen molar-refractivity contribution in [1.82, 2.24) is 10.2 Å². The van der Waals surface area contributed by atoms with Crippen LogP contribution in [0.3, 0.4) is 0 Å².